The van der Waals surface area contributed by atoms with E-state index >= 15 is 0 Å². The highest BCUT2D eigenvalue weighted by molar-refractivity contribution is 14.0. The van der Waals surface area contributed by atoms with E-state index in [0.717, 1.165) is 55.0 Å². The van der Waals surface area contributed by atoms with Gasteiger partial charge in [0, 0.05) is 49.7 Å². The number of piperazine rings is 1. The first-order chi connectivity index (χ1) is 13.9. The van der Waals surface area contributed by atoms with Gasteiger partial charge in [0.15, 0.2) is 15.8 Å². The first-order valence-corrected chi connectivity index (χ1v) is 12.0. The van der Waals surface area contributed by atoms with Crippen molar-refractivity contribution in [3.8, 4) is 0 Å². The molecule has 0 aromatic heterocycles. The summed E-state index contributed by atoms with van der Waals surface area (Å²) in [5, 5.41) is 4.11. The second-order valence-electron chi connectivity index (χ2n) is 7.04. The van der Waals surface area contributed by atoms with E-state index in [2.05, 4.69) is 28.1 Å². The van der Waals surface area contributed by atoms with E-state index < -0.39 is 9.84 Å². The molecule has 1 aliphatic heterocycles. The van der Waals surface area contributed by atoms with Crippen molar-refractivity contribution in [1.82, 2.24) is 10.2 Å². The Morgan fingerprint density at radius 2 is 1.77 bits per heavy atom. The Morgan fingerprint density at radius 3 is 2.33 bits per heavy atom. The molecule has 0 spiro atoms. The van der Waals surface area contributed by atoms with Gasteiger partial charge in [0.25, 0.3) is 0 Å². The van der Waals surface area contributed by atoms with E-state index in [4.69, 9.17) is 16.6 Å². The molecular formula is C21H28ClIN4O2S. The number of benzene rings is 2. The van der Waals surface area contributed by atoms with Crippen LogP contribution in [-0.4, -0.2) is 58.3 Å². The molecule has 1 N–H and O–H groups in total. The number of aliphatic imine (C=N–C) groups is 1. The predicted molar refractivity (Wildman–Crippen MR) is 135 cm³/mol. The lowest BCUT2D eigenvalue weighted by Crippen LogP contribution is -2.52. The number of nitrogens with one attached hydrogen (secondary N) is 1. The molecule has 2 aromatic carbocycles. The van der Waals surface area contributed by atoms with Gasteiger partial charge in [-0.15, -0.1) is 24.0 Å². The highest BCUT2D eigenvalue weighted by atomic mass is 127. The Hall–Kier alpha value is -1.52. The average Bonchev–Trinajstić information content (AvgIpc) is 2.71. The molecule has 1 saturated heterocycles. The van der Waals surface area contributed by atoms with Crippen molar-refractivity contribution in [1.29, 1.82) is 0 Å². The molecule has 0 atom stereocenters. The van der Waals surface area contributed by atoms with Crippen LogP contribution in [0.1, 0.15) is 12.5 Å². The minimum absolute atomic E-state index is 0. The van der Waals surface area contributed by atoms with Crippen LogP contribution >= 0.6 is 35.6 Å². The highest BCUT2D eigenvalue weighted by Crippen LogP contribution is 2.21. The van der Waals surface area contributed by atoms with E-state index in [9.17, 15) is 8.42 Å². The zero-order chi connectivity index (χ0) is 20.9. The Kier molecular flexibility index (Phi) is 9.24. The van der Waals surface area contributed by atoms with Crippen molar-refractivity contribution in [2.75, 3.05) is 43.9 Å². The van der Waals surface area contributed by atoms with Crippen LogP contribution in [0, 0.1) is 0 Å². The summed E-state index contributed by atoms with van der Waals surface area (Å²) in [4.78, 5) is 9.67. The third kappa shape index (κ3) is 6.75. The molecule has 2 aromatic rings. The number of halogens is 2. The second-order valence-corrected chi connectivity index (χ2v) is 9.49. The van der Waals surface area contributed by atoms with E-state index in [-0.39, 0.29) is 24.0 Å². The first-order valence-electron chi connectivity index (χ1n) is 9.69. The Morgan fingerprint density at radius 1 is 1.10 bits per heavy atom. The van der Waals surface area contributed by atoms with Crippen molar-refractivity contribution in [2.24, 2.45) is 4.99 Å². The van der Waals surface area contributed by atoms with Crippen LogP contribution < -0.4 is 10.2 Å². The molecule has 30 heavy (non-hydrogen) atoms. The smallest absolute Gasteiger partial charge is 0.194 e. The van der Waals surface area contributed by atoms with Gasteiger partial charge < -0.3 is 15.1 Å². The molecule has 0 radical (unpaired) electrons. The fourth-order valence-corrected chi connectivity index (χ4v) is 4.10. The Labute approximate surface area is 201 Å². The van der Waals surface area contributed by atoms with Crippen LogP contribution in [0.15, 0.2) is 58.4 Å². The third-order valence-electron chi connectivity index (χ3n) is 4.85. The number of sulfone groups is 1. The molecule has 0 aliphatic carbocycles. The number of anilines is 1. The molecule has 1 fully saturated rings. The molecule has 1 aliphatic rings. The number of rotatable bonds is 5. The Bertz CT molecular complexity index is 959. The molecule has 0 unspecified atom stereocenters. The van der Waals surface area contributed by atoms with E-state index in [1.807, 2.05) is 30.3 Å². The van der Waals surface area contributed by atoms with Gasteiger partial charge >= 0.3 is 0 Å². The molecule has 0 saturated carbocycles. The second kappa shape index (κ2) is 11.2. The van der Waals surface area contributed by atoms with Crippen LogP contribution in [0.4, 0.5) is 5.69 Å². The summed E-state index contributed by atoms with van der Waals surface area (Å²) in [5.41, 5.74) is 2.12. The molecule has 164 valence electrons. The van der Waals surface area contributed by atoms with Crippen LogP contribution in [0.5, 0.6) is 0 Å². The SMILES string of the molecule is CCNC(=NCc1ccc(S(C)(=O)=O)cc1)N1CCN(c2cccc(Cl)c2)CC1.I. The highest BCUT2D eigenvalue weighted by Gasteiger charge is 2.20. The number of guanidine groups is 1. The minimum Gasteiger partial charge on any atom is -0.368 e. The molecule has 1 heterocycles. The molecule has 0 bridgehead atoms. The summed E-state index contributed by atoms with van der Waals surface area (Å²) in [5.74, 6) is 0.880. The van der Waals surface area contributed by atoms with Gasteiger partial charge in [0.1, 0.15) is 0 Å². The summed E-state index contributed by atoms with van der Waals surface area (Å²) in [6.45, 7) is 6.87. The van der Waals surface area contributed by atoms with Gasteiger partial charge in [-0.2, -0.15) is 0 Å². The van der Waals surface area contributed by atoms with Crippen molar-refractivity contribution < 1.29 is 8.42 Å². The average molecular weight is 563 g/mol. The summed E-state index contributed by atoms with van der Waals surface area (Å²) >= 11 is 6.12. The quantitative estimate of drug-likeness (QED) is 0.342. The predicted octanol–water partition coefficient (Wildman–Crippen LogP) is 3.65. The summed E-state index contributed by atoms with van der Waals surface area (Å²) in [6.07, 6.45) is 1.21. The van der Waals surface area contributed by atoms with Crippen molar-refractivity contribution in [3.63, 3.8) is 0 Å². The van der Waals surface area contributed by atoms with Crippen molar-refractivity contribution in [2.45, 2.75) is 18.4 Å². The first kappa shape index (κ1) is 24.7. The van der Waals surface area contributed by atoms with Crippen molar-refractivity contribution in [3.05, 3.63) is 59.1 Å². The minimum atomic E-state index is -3.18. The topological polar surface area (TPSA) is 65.0 Å². The summed E-state index contributed by atoms with van der Waals surface area (Å²) < 4.78 is 23.2. The molecule has 0 amide bonds. The summed E-state index contributed by atoms with van der Waals surface area (Å²) in [7, 11) is -3.18. The molecule has 6 nitrogen and oxygen atoms in total. The van der Waals surface area contributed by atoms with Crippen LogP contribution in [0.25, 0.3) is 0 Å². The third-order valence-corrected chi connectivity index (χ3v) is 6.21. The fraction of sp³-hybridized carbons (Fsp3) is 0.381. The standard InChI is InChI=1S/C21H27ClN4O2S.HI/c1-3-23-21(24-16-17-7-9-20(10-8-17)29(2,27)28)26-13-11-25(12-14-26)19-6-4-5-18(22)15-19;/h4-10,15H,3,11-14,16H2,1-2H3,(H,23,24);1H. The molecule has 9 heteroatoms. The van der Waals surface area contributed by atoms with E-state index in [0.29, 0.717) is 11.4 Å². The zero-order valence-corrected chi connectivity index (χ0v) is 21.1. The maximum absolute atomic E-state index is 11.6. The monoisotopic (exact) mass is 562 g/mol. The number of nitrogens with zero attached hydrogens (tertiary/aromatic N) is 3. The maximum atomic E-state index is 11.6. The summed E-state index contributed by atoms with van der Waals surface area (Å²) in [6, 6.07) is 14.9. The molecule has 3 rings (SSSR count). The largest absolute Gasteiger partial charge is 0.368 e. The van der Waals surface area contributed by atoms with Gasteiger partial charge in [0.2, 0.25) is 0 Å². The fourth-order valence-electron chi connectivity index (χ4n) is 3.28. The number of hydrogen-bond donors (Lipinski definition) is 1. The Balaban J connectivity index is 0.00000320. The number of hydrogen-bond acceptors (Lipinski definition) is 4. The van der Waals surface area contributed by atoms with Crippen LogP contribution in [0.3, 0.4) is 0 Å². The van der Waals surface area contributed by atoms with E-state index in [1.54, 1.807) is 12.1 Å². The lowest BCUT2D eigenvalue weighted by molar-refractivity contribution is 0.372. The van der Waals surface area contributed by atoms with E-state index in [1.165, 1.54) is 6.26 Å². The lowest BCUT2D eigenvalue weighted by Gasteiger charge is -2.37. The molecular weight excluding hydrogens is 535 g/mol. The zero-order valence-electron chi connectivity index (χ0n) is 17.2. The van der Waals surface area contributed by atoms with Crippen LogP contribution in [-0.2, 0) is 16.4 Å². The van der Waals surface area contributed by atoms with Gasteiger partial charge in [-0.25, -0.2) is 13.4 Å². The van der Waals surface area contributed by atoms with Gasteiger partial charge in [-0.05, 0) is 42.8 Å². The van der Waals surface area contributed by atoms with Gasteiger partial charge in [-0.3, -0.25) is 0 Å². The van der Waals surface area contributed by atoms with Crippen molar-refractivity contribution >= 4 is 57.1 Å². The van der Waals surface area contributed by atoms with Crippen LogP contribution in [0.2, 0.25) is 5.02 Å². The maximum Gasteiger partial charge on any atom is 0.194 e. The normalized spacial score (nSPS) is 15.0. The van der Waals surface area contributed by atoms with Gasteiger partial charge in [0.05, 0.1) is 11.4 Å². The lowest BCUT2D eigenvalue weighted by atomic mass is 10.2. The van der Waals surface area contributed by atoms with Gasteiger partial charge in [-0.1, -0.05) is 29.8 Å².